The van der Waals surface area contributed by atoms with E-state index in [1.807, 2.05) is 70.2 Å². The lowest BCUT2D eigenvalue weighted by Gasteiger charge is -2.13. The van der Waals surface area contributed by atoms with E-state index in [9.17, 15) is 9.59 Å². The lowest BCUT2D eigenvalue weighted by molar-refractivity contribution is -0.113. The molecule has 0 saturated heterocycles. The molecule has 0 unspecified atom stereocenters. The molecule has 7 heteroatoms. The first-order valence-corrected chi connectivity index (χ1v) is 13.2. The first-order valence-electron chi connectivity index (χ1n) is 11.4. The van der Waals surface area contributed by atoms with Gasteiger partial charge in [-0.25, -0.2) is 4.98 Å². The third-order valence-electron chi connectivity index (χ3n) is 5.77. The minimum atomic E-state index is -0.127. The average Bonchev–Trinajstić information content (AvgIpc) is 3.10. The Kier molecular flexibility index (Phi) is 7.24. The largest absolute Gasteiger partial charge is 0.325 e. The third-order valence-corrected chi connectivity index (χ3v) is 7.95. The highest BCUT2D eigenvalue weighted by molar-refractivity contribution is 7.99. The van der Waals surface area contributed by atoms with Crippen molar-refractivity contribution >= 4 is 44.9 Å². The molecule has 0 atom stereocenters. The predicted molar refractivity (Wildman–Crippen MR) is 144 cm³/mol. The number of carbonyl (C=O) groups excluding carboxylic acids is 1. The molecular weight excluding hydrogens is 462 g/mol. The topological polar surface area (TPSA) is 64.0 Å². The van der Waals surface area contributed by atoms with E-state index in [2.05, 4.69) is 12.2 Å². The molecule has 4 rings (SSSR count). The van der Waals surface area contributed by atoms with Crippen molar-refractivity contribution in [3.63, 3.8) is 0 Å². The first kappa shape index (κ1) is 24.2. The Balaban J connectivity index is 1.73. The van der Waals surface area contributed by atoms with E-state index in [-0.39, 0.29) is 17.2 Å². The van der Waals surface area contributed by atoms with Gasteiger partial charge in [-0.3, -0.25) is 14.2 Å². The van der Waals surface area contributed by atoms with Crippen LogP contribution in [0, 0.1) is 27.7 Å². The molecule has 2 aromatic heterocycles. The molecule has 0 fully saturated rings. The fourth-order valence-electron chi connectivity index (χ4n) is 3.95. The quantitative estimate of drug-likeness (QED) is 0.241. The van der Waals surface area contributed by atoms with Crippen LogP contribution in [0.3, 0.4) is 0 Å². The van der Waals surface area contributed by atoms with Gasteiger partial charge in [-0.05, 0) is 74.6 Å². The number of aromatic nitrogens is 2. The molecule has 0 saturated carbocycles. The smallest absolute Gasteiger partial charge is 0.267 e. The number of hydrogen-bond donors (Lipinski definition) is 1. The Morgan fingerprint density at radius 3 is 2.59 bits per heavy atom. The van der Waals surface area contributed by atoms with Gasteiger partial charge in [-0.2, -0.15) is 0 Å². The highest BCUT2D eigenvalue weighted by Gasteiger charge is 2.20. The van der Waals surface area contributed by atoms with E-state index in [4.69, 9.17) is 4.98 Å². The molecule has 0 aliphatic heterocycles. The van der Waals surface area contributed by atoms with Crippen molar-refractivity contribution < 1.29 is 4.79 Å². The fraction of sp³-hybridized carbons (Fsp3) is 0.296. The highest BCUT2D eigenvalue weighted by Crippen LogP contribution is 2.31. The number of hydrogen-bond acceptors (Lipinski definition) is 5. The van der Waals surface area contributed by atoms with Gasteiger partial charge in [-0.1, -0.05) is 49.4 Å². The van der Waals surface area contributed by atoms with Crippen LogP contribution in [0.15, 0.2) is 52.4 Å². The monoisotopic (exact) mass is 491 g/mol. The molecule has 5 nitrogen and oxygen atoms in total. The number of thioether (sulfide) groups is 1. The summed E-state index contributed by atoms with van der Waals surface area (Å²) in [6, 6.07) is 13.8. The number of anilines is 1. The zero-order valence-corrected chi connectivity index (χ0v) is 21.8. The summed E-state index contributed by atoms with van der Waals surface area (Å²) >= 11 is 2.88. The standard InChI is InChI=1S/C27H29N3O2S2/c1-6-8-22-19(5)24-25(34-22)29-27(30(26(24)32)20-10-7-9-16(2)13-20)33-15-23(31)28-21-14-17(3)11-12-18(21)4/h7,9-14H,6,8,15H2,1-5H3,(H,28,31). The number of benzene rings is 2. The molecule has 0 spiro atoms. The van der Waals surface area contributed by atoms with Crippen LogP contribution in [0.2, 0.25) is 0 Å². The van der Waals surface area contributed by atoms with Gasteiger partial charge in [0.1, 0.15) is 4.83 Å². The molecule has 0 aliphatic rings. The lowest BCUT2D eigenvalue weighted by atomic mass is 10.1. The number of nitrogens with zero attached hydrogens (tertiary/aromatic N) is 2. The summed E-state index contributed by atoms with van der Waals surface area (Å²) in [5, 5.41) is 4.21. The Labute approximate surface area is 208 Å². The average molecular weight is 492 g/mol. The van der Waals surface area contributed by atoms with Gasteiger partial charge >= 0.3 is 0 Å². The van der Waals surface area contributed by atoms with Gasteiger partial charge in [0.05, 0.1) is 16.8 Å². The van der Waals surface area contributed by atoms with Crippen molar-refractivity contribution in [1.29, 1.82) is 0 Å². The van der Waals surface area contributed by atoms with Gasteiger partial charge in [0.15, 0.2) is 5.16 Å². The number of fused-ring (bicyclic) bond motifs is 1. The van der Waals surface area contributed by atoms with Crippen LogP contribution in [-0.4, -0.2) is 21.2 Å². The Hall–Kier alpha value is -2.90. The van der Waals surface area contributed by atoms with Crippen molar-refractivity contribution in [1.82, 2.24) is 9.55 Å². The second kappa shape index (κ2) is 10.2. The minimum Gasteiger partial charge on any atom is -0.325 e. The number of amides is 1. The van der Waals surface area contributed by atoms with Gasteiger partial charge in [0, 0.05) is 10.6 Å². The summed E-state index contributed by atoms with van der Waals surface area (Å²) in [4.78, 5) is 33.4. The summed E-state index contributed by atoms with van der Waals surface area (Å²) < 4.78 is 1.65. The first-order chi connectivity index (χ1) is 16.3. The predicted octanol–water partition coefficient (Wildman–Crippen LogP) is 6.36. The molecule has 1 N–H and O–H groups in total. The van der Waals surface area contributed by atoms with Crippen LogP contribution >= 0.6 is 23.1 Å². The molecule has 2 aromatic carbocycles. The molecule has 4 aromatic rings. The van der Waals surface area contributed by atoms with E-state index in [0.29, 0.717) is 10.5 Å². The summed E-state index contributed by atoms with van der Waals surface area (Å²) in [5.74, 6) is 0.0291. The maximum Gasteiger partial charge on any atom is 0.267 e. The second-order valence-electron chi connectivity index (χ2n) is 8.61. The summed E-state index contributed by atoms with van der Waals surface area (Å²) in [6.07, 6.45) is 1.94. The van der Waals surface area contributed by atoms with Crippen molar-refractivity contribution in [3.05, 3.63) is 79.9 Å². The molecule has 0 radical (unpaired) electrons. The number of rotatable bonds is 7. The number of carbonyl (C=O) groups is 1. The van der Waals surface area contributed by atoms with Crippen molar-refractivity contribution in [2.75, 3.05) is 11.1 Å². The van der Waals surface area contributed by atoms with Crippen LogP contribution in [0.1, 0.15) is 40.5 Å². The van der Waals surface area contributed by atoms with E-state index >= 15 is 0 Å². The SMILES string of the molecule is CCCc1sc2nc(SCC(=O)Nc3cc(C)ccc3C)n(-c3cccc(C)c3)c(=O)c2c1C. The van der Waals surface area contributed by atoms with Crippen LogP contribution in [0.25, 0.3) is 15.9 Å². The van der Waals surface area contributed by atoms with Crippen LogP contribution in [0.5, 0.6) is 0 Å². The van der Waals surface area contributed by atoms with Gasteiger partial charge in [0.25, 0.3) is 5.56 Å². The van der Waals surface area contributed by atoms with Crippen LogP contribution < -0.4 is 10.9 Å². The summed E-state index contributed by atoms with van der Waals surface area (Å²) in [6.45, 7) is 10.1. The van der Waals surface area contributed by atoms with Crippen molar-refractivity contribution in [2.45, 2.75) is 52.6 Å². The molecule has 0 aliphatic carbocycles. The second-order valence-corrected chi connectivity index (χ2v) is 10.6. The maximum absolute atomic E-state index is 13.7. The summed E-state index contributed by atoms with van der Waals surface area (Å²) in [5.41, 5.74) is 5.67. The number of aryl methyl sites for hydroxylation is 5. The maximum atomic E-state index is 13.7. The van der Waals surface area contributed by atoms with E-state index in [1.165, 1.54) is 16.6 Å². The highest BCUT2D eigenvalue weighted by atomic mass is 32.2. The van der Waals surface area contributed by atoms with Gasteiger partial charge < -0.3 is 5.32 Å². The molecular formula is C27H29N3O2S2. The Morgan fingerprint density at radius 2 is 1.85 bits per heavy atom. The zero-order chi connectivity index (χ0) is 24.4. The van der Waals surface area contributed by atoms with Crippen molar-refractivity contribution in [3.8, 4) is 5.69 Å². The number of nitrogens with one attached hydrogen (secondary N) is 1. The molecule has 1 amide bonds. The number of thiophene rings is 1. The van der Waals surface area contributed by atoms with E-state index in [1.54, 1.807) is 15.9 Å². The Morgan fingerprint density at radius 1 is 1.09 bits per heavy atom. The zero-order valence-electron chi connectivity index (χ0n) is 20.2. The lowest BCUT2D eigenvalue weighted by Crippen LogP contribution is -2.23. The Bertz CT molecular complexity index is 1440. The molecule has 176 valence electrons. The van der Waals surface area contributed by atoms with E-state index < -0.39 is 0 Å². The molecule has 0 bridgehead atoms. The normalized spacial score (nSPS) is 11.2. The molecule has 34 heavy (non-hydrogen) atoms. The van der Waals surface area contributed by atoms with Crippen molar-refractivity contribution in [2.24, 2.45) is 0 Å². The third kappa shape index (κ3) is 4.95. The van der Waals surface area contributed by atoms with Gasteiger partial charge in [0.2, 0.25) is 5.91 Å². The van der Waals surface area contributed by atoms with Gasteiger partial charge in [-0.15, -0.1) is 11.3 Å². The van der Waals surface area contributed by atoms with E-state index in [0.717, 1.165) is 51.3 Å². The fourth-order valence-corrected chi connectivity index (χ4v) is 6.09. The molecule has 2 heterocycles. The van der Waals surface area contributed by atoms with Crippen LogP contribution in [0.4, 0.5) is 5.69 Å². The summed E-state index contributed by atoms with van der Waals surface area (Å²) in [7, 11) is 0. The van der Waals surface area contributed by atoms with Crippen LogP contribution in [-0.2, 0) is 11.2 Å². The minimum absolute atomic E-state index is 0.0795.